The molecular formula is C8H13N2O2. The largest absolute Gasteiger partial charge is 0.355 e. The Morgan fingerprint density at radius 3 is 3.08 bits per heavy atom. The maximum Gasteiger partial charge on any atom is 0.239 e. The van der Waals surface area contributed by atoms with Gasteiger partial charge in [0.15, 0.2) is 0 Å². The molecule has 0 spiro atoms. The monoisotopic (exact) mass is 170 g/mol. The summed E-state index contributed by atoms with van der Waals surface area (Å²) < 4.78 is 7.28. The van der Waals surface area contributed by atoms with Gasteiger partial charge in [0.25, 0.3) is 0 Å². The first-order chi connectivity index (χ1) is 6.15. The minimum Gasteiger partial charge on any atom is -0.355 e. The Balaban J connectivity index is 2.38. The minimum absolute atomic E-state index is 0.0593. The van der Waals surface area contributed by atoms with Gasteiger partial charge in [-0.3, -0.25) is 9.59 Å². The summed E-state index contributed by atoms with van der Waals surface area (Å²) in [7, 11) is 0. The van der Waals surface area contributed by atoms with Crippen molar-refractivity contribution in [2.45, 2.75) is 12.8 Å². The molecule has 1 fully saturated rings. The molecule has 1 atom stereocenters. The second-order valence-electron chi connectivity index (χ2n) is 2.60. The zero-order chi connectivity index (χ0) is 9.84. The molecule has 0 saturated carbocycles. The van der Waals surface area contributed by atoms with Gasteiger partial charge in [0.2, 0.25) is 11.8 Å². The van der Waals surface area contributed by atoms with Crippen molar-refractivity contribution in [3.05, 3.63) is 6.92 Å². The van der Waals surface area contributed by atoms with E-state index in [1.165, 1.54) is 4.90 Å². The van der Waals surface area contributed by atoms with Gasteiger partial charge in [0.05, 0.1) is 6.54 Å². The van der Waals surface area contributed by atoms with Crippen LogP contribution in [-0.2, 0) is 9.59 Å². The molecule has 4 nitrogen and oxygen atoms in total. The average molecular weight is 170 g/mol. The van der Waals surface area contributed by atoms with Crippen LogP contribution in [-0.4, -0.2) is 36.3 Å². The van der Waals surface area contributed by atoms with Crippen LogP contribution in [0.3, 0.4) is 0 Å². The van der Waals surface area contributed by atoms with E-state index in [1.807, 2.05) is 0 Å². The zero-order valence-corrected chi connectivity index (χ0v) is 6.88. The number of carbonyl (C=O) groups excluding carboxylic acids is 2. The van der Waals surface area contributed by atoms with E-state index < -0.39 is 6.40 Å². The Morgan fingerprint density at radius 2 is 2.58 bits per heavy atom. The Labute approximate surface area is 73.3 Å². The lowest BCUT2D eigenvalue weighted by Crippen LogP contribution is -2.37. The van der Waals surface area contributed by atoms with Crippen molar-refractivity contribution in [2.24, 2.45) is 0 Å². The summed E-state index contributed by atoms with van der Waals surface area (Å²) in [6.45, 7) is 4.36. The van der Waals surface area contributed by atoms with Crippen LogP contribution in [0.2, 0.25) is 0 Å². The number of amides is 2. The third-order valence-corrected chi connectivity index (χ3v) is 1.69. The Kier molecular flexibility index (Phi) is 2.58. The lowest BCUT2D eigenvalue weighted by atomic mass is 10.4. The molecule has 0 bridgehead atoms. The maximum atomic E-state index is 11.2. The fraction of sp³-hybridized carbons (Fsp3) is 0.625. The molecule has 0 aromatic carbocycles. The molecule has 0 aromatic heterocycles. The summed E-state index contributed by atoms with van der Waals surface area (Å²) in [6.07, 6.45) is -0.149. The summed E-state index contributed by atoms with van der Waals surface area (Å²) in [5.41, 5.74) is 0. The van der Waals surface area contributed by atoms with Gasteiger partial charge in [-0.25, -0.2) is 0 Å². The molecule has 1 saturated heterocycles. The van der Waals surface area contributed by atoms with Crippen molar-refractivity contribution < 1.29 is 11.0 Å². The van der Waals surface area contributed by atoms with Crippen molar-refractivity contribution in [3.8, 4) is 0 Å². The Hall–Kier alpha value is -1.06. The number of hydrogen-bond acceptors (Lipinski definition) is 2. The third kappa shape index (κ3) is 2.22. The van der Waals surface area contributed by atoms with E-state index in [2.05, 4.69) is 12.2 Å². The summed E-state index contributed by atoms with van der Waals surface area (Å²) in [5, 5.41) is 2.50. The molecule has 1 rings (SSSR count). The van der Waals surface area contributed by atoms with Crippen LogP contribution in [0.1, 0.15) is 14.2 Å². The fourth-order valence-corrected chi connectivity index (χ4v) is 1.11. The van der Waals surface area contributed by atoms with Gasteiger partial charge in [0, 0.05) is 20.9 Å². The van der Waals surface area contributed by atoms with Crippen LogP contribution in [0.25, 0.3) is 0 Å². The van der Waals surface area contributed by atoms with Gasteiger partial charge < -0.3 is 10.2 Å². The zero-order valence-electron chi connectivity index (χ0n) is 7.88. The maximum absolute atomic E-state index is 11.2. The van der Waals surface area contributed by atoms with E-state index in [-0.39, 0.29) is 18.4 Å². The number of carbonyl (C=O) groups is 2. The van der Waals surface area contributed by atoms with E-state index in [0.29, 0.717) is 19.5 Å². The van der Waals surface area contributed by atoms with Gasteiger partial charge in [-0.1, -0.05) is 0 Å². The predicted molar refractivity (Wildman–Crippen MR) is 44.2 cm³/mol. The van der Waals surface area contributed by atoms with Crippen molar-refractivity contribution in [1.29, 1.82) is 0 Å². The van der Waals surface area contributed by atoms with Gasteiger partial charge in [-0.2, -0.15) is 0 Å². The minimum atomic E-state index is -0.674. The predicted octanol–water partition coefficient (Wildman–Crippen LogP) is -0.441. The standard InChI is InChI=1S/C8H13N2O2/c1-2-9-7(11)6-10-5-3-4-8(10)12/h1-6H2,(H,9,11)/i4D. The first-order valence-electron chi connectivity index (χ1n) is 4.50. The average Bonchev–Trinajstić information content (AvgIpc) is 2.37. The van der Waals surface area contributed by atoms with E-state index in [9.17, 15) is 9.59 Å². The molecule has 1 heterocycles. The molecule has 1 radical (unpaired) electrons. The van der Waals surface area contributed by atoms with Crippen molar-refractivity contribution >= 4 is 11.8 Å². The van der Waals surface area contributed by atoms with Crippen LogP contribution in [0.15, 0.2) is 0 Å². The van der Waals surface area contributed by atoms with Crippen LogP contribution < -0.4 is 5.32 Å². The van der Waals surface area contributed by atoms with E-state index in [4.69, 9.17) is 1.37 Å². The highest BCUT2D eigenvalue weighted by atomic mass is 16.2. The third-order valence-electron chi connectivity index (χ3n) is 1.69. The van der Waals surface area contributed by atoms with Crippen LogP contribution in [0.4, 0.5) is 0 Å². The number of nitrogens with zero attached hydrogens (tertiary/aromatic N) is 1. The summed E-state index contributed by atoms with van der Waals surface area (Å²) in [4.78, 5) is 23.6. The van der Waals surface area contributed by atoms with E-state index in [1.54, 1.807) is 0 Å². The van der Waals surface area contributed by atoms with Crippen LogP contribution in [0, 0.1) is 6.92 Å². The number of nitrogens with one attached hydrogen (secondary N) is 1. The molecule has 12 heavy (non-hydrogen) atoms. The van der Waals surface area contributed by atoms with E-state index >= 15 is 0 Å². The lowest BCUT2D eigenvalue weighted by Gasteiger charge is -2.13. The van der Waals surface area contributed by atoms with Gasteiger partial charge in [-0.05, 0) is 13.3 Å². The summed E-state index contributed by atoms with van der Waals surface area (Å²) in [5.74, 6) is -0.461. The molecule has 1 aliphatic rings. The smallest absolute Gasteiger partial charge is 0.239 e. The highest BCUT2D eigenvalue weighted by Gasteiger charge is 2.21. The van der Waals surface area contributed by atoms with Crippen molar-refractivity contribution in [3.63, 3.8) is 0 Å². The van der Waals surface area contributed by atoms with Gasteiger partial charge >= 0.3 is 0 Å². The van der Waals surface area contributed by atoms with Crippen LogP contribution in [0.5, 0.6) is 0 Å². The highest BCUT2D eigenvalue weighted by molar-refractivity contribution is 5.85. The van der Waals surface area contributed by atoms with Crippen LogP contribution >= 0.6 is 0 Å². The molecule has 4 heteroatoms. The molecule has 2 amide bonds. The van der Waals surface area contributed by atoms with Gasteiger partial charge in [-0.15, -0.1) is 0 Å². The van der Waals surface area contributed by atoms with E-state index in [0.717, 1.165) is 0 Å². The second-order valence-corrected chi connectivity index (χ2v) is 2.60. The number of hydrogen-bond donors (Lipinski definition) is 1. The quantitative estimate of drug-likeness (QED) is 0.624. The molecule has 1 aliphatic heterocycles. The first-order valence-corrected chi connectivity index (χ1v) is 3.92. The topological polar surface area (TPSA) is 49.4 Å². The molecule has 0 aromatic rings. The Bertz CT molecular complexity index is 220. The van der Waals surface area contributed by atoms with Crippen molar-refractivity contribution in [2.75, 3.05) is 19.6 Å². The SMILES string of the molecule is [2H]C1CCN(CC(=O)NC[CH2])C1=O. The number of rotatable bonds is 3. The second kappa shape index (κ2) is 4.09. The summed E-state index contributed by atoms with van der Waals surface area (Å²) >= 11 is 0. The molecule has 1 unspecified atom stereocenters. The Morgan fingerprint density at radius 1 is 1.83 bits per heavy atom. The molecule has 1 N–H and O–H groups in total. The van der Waals surface area contributed by atoms with Crippen molar-refractivity contribution in [1.82, 2.24) is 10.2 Å². The molecule has 0 aliphatic carbocycles. The fourth-order valence-electron chi connectivity index (χ4n) is 1.11. The number of likely N-dealkylation sites (tertiary alicyclic amines) is 1. The summed E-state index contributed by atoms with van der Waals surface area (Å²) in [6, 6.07) is 0. The normalized spacial score (nSPS) is 24.1. The highest BCUT2D eigenvalue weighted by Crippen LogP contribution is 2.08. The molecule has 67 valence electrons. The first kappa shape index (κ1) is 7.58. The molecular weight excluding hydrogens is 156 g/mol. The lowest BCUT2D eigenvalue weighted by molar-refractivity contribution is -0.133. The van der Waals surface area contributed by atoms with Gasteiger partial charge in [0.1, 0.15) is 0 Å².